The van der Waals surface area contributed by atoms with Crippen molar-refractivity contribution in [3.8, 4) is 0 Å². The summed E-state index contributed by atoms with van der Waals surface area (Å²) in [5.41, 5.74) is 4.68. The molecule has 0 radical (unpaired) electrons. The van der Waals surface area contributed by atoms with Gasteiger partial charge in [0.1, 0.15) is 0 Å². The summed E-state index contributed by atoms with van der Waals surface area (Å²) >= 11 is 0. The minimum Gasteiger partial charge on any atom is -0.312 e. The molecule has 1 fully saturated rings. The second-order valence-electron chi connectivity index (χ2n) is 6.33. The van der Waals surface area contributed by atoms with Gasteiger partial charge in [-0.3, -0.25) is 0 Å². The van der Waals surface area contributed by atoms with Crippen molar-refractivity contribution in [3.05, 3.63) is 34.9 Å². The standard InChI is InChI=1S/C17H26N2/c1-19(12-14-5-2-3-6-14)13-16-8-4-7-15-11-18-10-9-17(15)16/h4,7-8,14,18H,2-3,5-6,9-13H2,1H3. The zero-order valence-corrected chi connectivity index (χ0v) is 12.1. The quantitative estimate of drug-likeness (QED) is 0.893. The van der Waals surface area contributed by atoms with Gasteiger partial charge in [-0.25, -0.2) is 0 Å². The van der Waals surface area contributed by atoms with Gasteiger partial charge < -0.3 is 10.2 Å². The number of hydrogen-bond acceptors (Lipinski definition) is 2. The van der Waals surface area contributed by atoms with Crippen molar-refractivity contribution < 1.29 is 0 Å². The number of benzene rings is 1. The normalized spacial score (nSPS) is 19.9. The maximum absolute atomic E-state index is 3.47. The molecular formula is C17H26N2. The number of rotatable bonds is 4. The van der Waals surface area contributed by atoms with E-state index in [1.165, 1.54) is 44.2 Å². The van der Waals surface area contributed by atoms with E-state index in [0.29, 0.717) is 0 Å². The molecule has 3 rings (SSSR count). The Morgan fingerprint density at radius 3 is 2.95 bits per heavy atom. The second kappa shape index (κ2) is 6.06. The van der Waals surface area contributed by atoms with Crippen LogP contribution in [0.3, 0.4) is 0 Å². The van der Waals surface area contributed by atoms with Gasteiger partial charge in [0.2, 0.25) is 0 Å². The zero-order chi connectivity index (χ0) is 13.1. The molecule has 2 aliphatic rings. The van der Waals surface area contributed by atoms with Gasteiger partial charge in [-0.1, -0.05) is 31.0 Å². The Bertz CT molecular complexity index is 421. The fourth-order valence-corrected chi connectivity index (χ4v) is 3.75. The number of hydrogen-bond donors (Lipinski definition) is 1. The third-order valence-corrected chi connectivity index (χ3v) is 4.72. The van der Waals surface area contributed by atoms with E-state index >= 15 is 0 Å². The van der Waals surface area contributed by atoms with Gasteiger partial charge in [0.05, 0.1) is 0 Å². The van der Waals surface area contributed by atoms with E-state index in [2.05, 4.69) is 35.5 Å². The topological polar surface area (TPSA) is 15.3 Å². The van der Waals surface area contributed by atoms with Crippen LogP contribution in [0, 0.1) is 5.92 Å². The monoisotopic (exact) mass is 258 g/mol. The van der Waals surface area contributed by atoms with Crippen LogP contribution in [0.4, 0.5) is 0 Å². The van der Waals surface area contributed by atoms with Crippen molar-refractivity contribution in [3.63, 3.8) is 0 Å². The molecule has 19 heavy (non-hydrogen) atoms. The smallest absolute Gasteiger partial charge is 0.0233 e. The van der Waals surface area contributed by atoms with E-state index in [1.807, 2.05) is 0 Å². The summed E-state index contributed by atoms with van der Waals surface area (Å²) in [4.78, 5) is 2.54. The van der Waals surface area contributed by atoms with Gasteiger partial charge in [-0.05, 0) is 55.5 Å². The lowest BCUT2D eigenvalue weighted by Gasteiger charge is -2.25. The van der Waals surface area contributed by atoms with Gasteiger partial charge in [0.15, 0.2) is 0 Å². The van der Waals surface area contributed by atoms with E-state index in [4.69, 9.17) is 0 Å². The highest BCUT2D eigenvalue weighted by Crippen LogP contribution is 2.26. The highest BCUT2D eigenvalue weighted by molar-refractivity contribution is 5.36. The summed E-state index contributed by atoms with van der Waals surface area (Å²) in [7, 11) is 2.29. The lowest BCUT2D eigenvalue weighted by Crippen LogP contribution is -2.28. The Morgan fingerprint density at radius 1 is 1.26 bits per heavy atom. The van der Waals surface area contributed by atoms with Crippen LogP contribution < -0.4 is 5.32 Å². The summed E-state index contributed by atoms with van der Waals surface area (Å²) in [6.07, 6.45) is 6.99. The van der Waals surface area contributed by atoms with Crippen molar-refractivity contribution >= 4 is 0 Å². The van der Waals surface area contributed by atoms with Gasteiger partial charge >= 0.3 is 0 Å². The maximum atomic E-state index is 3.47. The molecule has 0 atom stereocenters. The van der Waals surface area contributed by atoms with Crippen LogP contribution in [0.1, 0.15) is 42.4 Å². The fourth-order valence-electron chi connectivity index (χ4n) is 3.75. The number of nitrogens with one attached hydrogen (secondary N) is 1. The summed E-state index contributed by atoms with van der Waals surface area (Å²) in [6, 6.07) is 6.84. The number of fused-ring (bicyclic) bond motifs is 1. The van der Waals surface area contributed by atoms with Crippen molar-refractivity contribution in [2.24, 2.45) is 5.92 Å². The first kappa shape index (κ1) is 13.1. The summed E-state index contributed by atoms with van der Waals surface area (Å²) in [6.45, 7) is 4.59. The van der Waals surface area contributed by atoms with Gasteiger partial charge in [0.25, 0.3) is 0 Å². The SMILES string of the molecule is CN(Cc1cccc2c1CCNC2)CC1CCCC1. The van der Waals surface area contributed by atoms with Crippen LogP contribution in [-0.4, -0.2) is 25.0 Å². The molecule has 1 heterocycles. The van der Waals surface area contributed by atoms with Gasteiger partial charge in [-0.2, -0.15) is 0 Å². The Balaban J connectivity index is 1.65. The Kier molecular flexibility index (Phi) is 4.19. The molecule has 0 saturated heterocycles. The first-order valence-electron chi connectivity index (χ1n) is 7.82. The van der Waals surface area contributed by atoms with Crippen LogP contribution >= 0.6 is 0 Å². The lowest BCUT2D eigenvalue weighted by atomic mass is 9.95. The molecule has 1 aliphatic carbocycles. The third-order valence-electron chi connectivity index (χ3n) is 4.72. The third kappa shape index (κ3) is 3.18. The van der Waals surface area contributed by atoms with E-state index in [0.717, 1.165) is 25.6 Å². The van der Waals surface area contributed by atoms with Gasteiger partial charge in [0, 0.05) is 19.6 Å². The molecule has 104 valence electrons. The van der Waals surface area contributed by atoms with Crippen molar-refractivity contribution in [1.82, 2.24) is 10.2 Å². The molecule has 0 unspecified atom stereocenters. The summed E-state index contributed by atoms with van der Waals surface area (Å²) < 4.78 is 0. The maximum Gasteiger partial charge on any atom is 0.0233 e. The molecule has 1 aromatic carbocycles. The highest BCUT2D eigenvalue weighted by Gasteiger charge is 2.18. The molecule has 0 bridgehead atoms. The lowest BCUT2D eigenvalue weighted by molar-refractivity contribution is 0.270. The van der Waals surface area contributed by atoms with Crippen molar-refractivity contribution in [2.75, 3.05) is 20.1 Å². The predicted octanol–water partition coefficient (Wildman–Crippen LogP) is 2.95. The minimum absolute atomic E-state index is 0.950. The average Bonchev–Trinajstić information content (AvgIpc) is 2.92. The second-order valence-corrected chi connectivity index (χ2v) is 6.33. The zero-order valence-electron chi connectivity index (χ0n) is 12.1. The van der Waals surface area contributed by atoms with E-state index in [1.54, 1.807) is 11.1 Å². The Hall–Kier alpha value is -0.860. The molecule has 0 spiro atoms. The van der Waals surface area contributed by atoms with Crippen LogP contribution in [-0.2, 0) is 19.5 Å². The Labute approximate surface area is 117 Å². The molecule has 0 amide bonds. The first-order valence-corrected chi connectivity index (χ1v) is 7.82. The van der Waals surface area contributed by atoms with E-state index < -0.39 is 0 Å². The molecule has 1 aromatic rings. The van der Waals surface area contributed by atoms with Crippen LogP contribution in [0.2, 0.25) is 0 Å². The summed E-state index contributed by atoms with van der Waals surface area (Å²) in [5.74, 6) is 0.950. The van der Waals surface area contributed by atoms with Crippen molar-refractivity contribution in [1.29, 1.82) is 0 Å². The van der Waals surface area contributed by atoms with Crippen molar-refractivity contribution in [2.45, 2.75) is 45.2 Å². The van der Waals surface area contributed by atoms with Crippen LogP contribution in [0.25, 0.3) is 0 Å². The predicted molar refractivity (Wildman–Crippen MR) is 80.1 cm³/mol. The summed E-state index contributed by atoms with van der Waals surface area (Å²) in [5, 5.41) is 3.47. The fraction of sp³-hybridized carbons (Fsp3) is 0.647. The molecular weight excluding hydrogens is 232 g/mol. The van der Waals surface area contributed by atoms with Gasteiger partial charge in [-0.15, -0.1) is 0 Å². The number of nitrogens with zero attached hydrogens (tertiary/aromatic N) is 1. The molecule has 1 aliphatic heterocycles. The molecule has 2 nitrogen and oxygen atoms in total. The largest absolute Gasteiger partial charge is 0.312 e. The molecule has 0 aromatic heterocycles. The highest BCUT2D eigenvalue weighted by atomic mass is 15.1. The molecule has 2 heteroatoms. The minimum atomic E-state index is 0.950. The van der Waals surface area contributed by atoms with Crippen LogP contribution in [0.5, 0.6) is 0 Å². The molecule has 1 N–H and O–H groups in total. The van der Waals surface area contributed by atoms with Crippen LogP contribution in [0.15, 0.2) is 18.2 Å². The first-order chi connectivity index (χ1) is 9.33. The molecule has 1 saturated carbocycles. The van der Waals surface area contributed by atoms with E-state index in [9.17, 15) is 0 Å². The Morgan fingerprint density at radius 2 is 2.11 bits per heavy atom. The average molecular weight is 258 g/mol. The van der Waals surface area contributed by atoms with E-state index in [-0.39, 0.29) is 0 Å².